The molecule has 2 N–H and O–H groups in total. The molecule has 5 nitrogen and oxygen atoms in total. The molecule has 21 heavy (non-hydrogen) atoms. The molecule has 2 aromatic carbocycles. The number of anilines is 1. The Labute approximate surface area is 121 Å². The Hall–Kier alpha value is -2.82. The molecular formula is C16H15N3O2. The predicted octanol–water partition coefficient (Wildman–Crippen LogP) is 2.28. The van der Waals surface area contributed by atoms with Crippen LogP contribution < -0.4 is 16.0 Å². The lowest BCUT2D eigenvalue weighted by molar-refractivity contribution is 0.418. The third-order valence-corrected chi connectivity index (χ3v) is 3.46. The molecule has 0 spiro atoms. The Bertz CT molecular complexity index is 884. The first-order chi connectivity index (χ1) is 10.1. The monoisotopic (exact) mass is 281 g/mol. The summed E-state index contributed by atoms with van der Waals surface area (Å²) in [6.07, 6.45) is 1.51. The predicted molar refractivity (Wildman–Crippen MR) is 83.0 cm³/mol. The van der Waals surface area contributed by atoms with Crippen LogP contribution in [0.4, 0.5) is 5.69 Å². The van der Waals surface area contributed by atoms with Crippen molar-refractivity contribution < 1.29 is 4.74 Å². The maximum Gasteiger partial charge on any atom is 0.265 e. The minimum absolute atomic E-state index is 0.146. The summed E-state index contributed by atoms with van der Waals surface area (Å²) in [7, 11) is 1.56. The number of fused-ring (bicyclic) bond motifs is 1. The van der Waals surface area contributed by atoms with Crippen LogP contribution in [0.25, 0.3) is 16.6 Å². The first-order valence-corrected chi connectivity index (χ1v) is 6.52. The van der Waals surface area contributed by atoms with Gasteiger partial charge >= 0.3 is 0 Å². The summed E-state index contributed by atoms with van der Waals surface area (Å²) in [4.78, 5) is 17.0. The van der Waals surface area contributed by atoms with Crippen molar-refractivity contribution in [2.45, 2.75) is 6.92 Å². The van der Waals surface area contributed by atoms with Crippen LogP contribution in [0.15, 0.2) is 47.5 Å². The van der Waals surface area contributed by atoms with E-state index in [4.69, 9.17) is 10.5 Å². The highest BCUT2D eigenvalue weighted by Gasteiger charge is 2.10. The van der Waals surface area contributed by atoms with E-state index in [9.17, 15) is 4.79 Å². The Morgan fingerprint density at radius 1 is 1.24 bits per heavy atom. The molecule has 1 heterocycles. The Kier molecular flexibility index (Phi) is 3.10. The fourth-order valence-corrected chi connectivity index (χ4v) is 2.35. The van der Waals surface area contributed by atoms with Gasteiger partial charge in [-0.05, 0) is 36.8 Å². The Morgan fingerprint density at radius 3 is 2.81 bits per heavy atom. The van der Waals surface area contributed by atoms with Crippen LogP contribution in [0.3, 0.4) is 0 Å². The summed E-state index contributed by atoms with van der Waals surface area (Å²) >= 11 is 0. The lowest BCUT2D eigenvalue weighted by Gasteiger charge is -2.11. The van der Waals surface area contributed by atoms with E-state index in [0.29, 0.717) is 22.3 Å². The first kappa shape index (κ1) is 13.2. The molecule has 3 rings (SSSR count). The van der Waals surface area contributed by atoms with E-state index in [2.05, 4.69) is 4.98 Å². The van der Waals surface area contributed by atoms with Crippen molar-refractivity contribution in [1.29, 1.82) is 0 Å². The number of nitrogens with two attached hydrogens (primary N) is 1. The highest BCUT2D eigenvalue weighted by atomic mass is 16.5. The number of aromatic nitrogens is 2. The third kappa shape index (κ3) is 2.12. The maximum absolute atomic E-state index is 12.7. The van der Waals surface area contributed by atoms with Crippen LogP contribution >= 0.6 is 0 Å². The molecule has 3 aromatic rings. The quantitative estimate of drug-likeness (QED) is 0.732. The third-order valence-electron chi connectivity index (χ3n) is 3.46. The highest BCUT2D eigenvalue weighted by molar-refractivity contribution is 5.83. The molecule has 0 radical (unpaired) electrons. The lowest BCUT2D eigenvalue weighted by atomic mass is 10.1. The number of hydrogen-bond acceptors (Lipinski definition) is 4. The molecule has 0 amide bonds. The SMILES string of the molecule is COc1cccc2c(=O)n(-c3cc(N)ccc3C)cnc12. The van der Waals surface area contributed by atoms with E-state index < -0.39 is 0 Å². The number of aryl methyl sites for hydroxylation is 1. The maximum atomic E-state index is 12.7. The summed E-state index contributed by atoms with van der Waals surface area (Å²) < 4.78 is 6.75. The second-order valence-corrected chi connectivity index (χ2v) is 4.82. The van der Waals surface area contributed by atoms with E-state index in [1.54, 1.807) is 37.4 Å². The lowest BCUT2D eigenvalue weighted by Crippen LogP contribution is -2.20. The number of nitrogen functional groups attached to an aromatic ring is 1. The van der Waals surface area contributed by atoms with Gasteiger partial charge in [-0.15, -0.1) is 0 Å². The van der Waals surface area contributed by atoms with Crippen LogP contribution in [0, 0.1) is 6.92 Å². The minimum atomic E-state index is -0.146. The van der Waals surface area contributed by atoms with Crippen LogP contribution in [0.2, 0.25) is 0 Å². The van der Waals surface area contributed by atoms with Gasteiger partial charge in [-0.25, -0.2) is 4.98 Å². The number of hydrogen-bond donors (Lipinski definition) is 1. The Balaban J connectivity index is 2.33. The van der Waals surface area contributed by atoms with Gasteiger partial charge in [0.05, 0.1) is 18.2 Å². The first-order valence-electron chi connectivity index (χ1n) is 6.52. The number of methoxy groups -OCH3 is 1. The van der Waals surface area contributed by atoms with Crippen molar-refractivity contribution in [3.8, 4) is 11.4 Å². The van der Waals surface area contributed by atoms with E-state index in [1.807, 2.05) is 13.0 Å². The largest absolute Gasteiger partial charge is 0.494 e. The highest BCUT2D eigenvalue weighted by Crippen LogP contribution is 2.22. The summed E-state index contributed by atoms with van der Waals surface area (Å²) in [5.74, 6) is 0.584. The van der Waals surface area contributed by atoms with E-state index >= 15 is 0 Å². The number of benzene rings is 2. The number of ether oxygens (including phenoxy) is 1. The van der Waals surface area contributed by atoms with Gasteiger partial charge in [-0.3, -0.25) is 9.36 Å². The van der Waals surface area contributed by atoms with Gasteiger partial charge in [0.25, 0.3) is 5.56 Å². The molecular weight excluding hydrogens is 266 g/mol. The van der Waals surface area contributed by atoms with Crippen molar-refractivity contribution >= 4 is 16.6 Å². The van der Waals surface area contributed by atoms with Crippen LogP contribution in [0.5, 0.6) is 5.75 Å². The van der Waals surface area contributed by atoms with Crippen LogP contribution in [-0.4, -0.2) is 16.7 Å². The molecule has 0 fully saturated rings. The molecule has 106 valence electrons. The average Bonchev–Trinajstić information content (AvgIpc) is 2.50. The van der Waals surface area contributed by atoms with Gasteiger partial charge in [0.1, 0.15) is 17.6 Å². The Morgan fingerprint density at radius 2 is 2.05 bits per heavy atom. The van der Waals surface area contributed by atoms with Gasteiger partial charge in [0.2, 0.25) is 0 Å². The molecule has 1 aromatic heterocycles. The molecule has 0 atom stereocenters. The number of rotatable bonds is 2. The van der Waals surface area contributed by atoms with Crippen LogP contribution in [0.1, 0.15) is 5.56 Å². The van der Waals surface area contributed by atoms with Crippen molar-refractivity contribution in [3.05, 3.63) is 58.6 Å². The molecule has 0 aliphatic rings. The van der Waals surface area contributed by atoms with E-state index in [0.717, 1.165) is 11.3 Å². The molecule has 5 heteroatoms. The fraction of sp³-hybridized carbons (Fsp3) is 0.125. The number of para-hydroxylation sites is 1. The van der Waals surface area contributed by atoms with Crippen molar-refractivity contribution in [1.82, 2.24) is 9.55 Å². The van der Waals surface area contributed by atoms with Gasteiger partial charge in [0, 0.05) is 5.69 Å². The van der Waals surface area contributed by atoms with Gasteiger partial charge in [-0.2, -0.15) is 0 Å². The smallest absolute Gasteiger partial charge is 0.265 e. The second kappa shape index (κ2) is 4.94. The fourth-order valence-electron chi connectivity index (χ4n) is 2.35. The topological polar surface area (TPSA) is 70.1 Å². The zero-order valence-electron chi connectivity index (χ0n) is 11.8. The summed E-state index contributed by atoms with van der Waals surface area (Å²) in [6, 6.07) is 10.8. The van der Waals surface area contributed by atoms with Crippen molar-refractivity contribution in [2.24, 2.45) is 0 Å². The van der Waals surface area contributed by atoms with Crippen molar-refractivity contribution in [3.63, 3.8) is 0 Å². The van der Waals surface area contributed by atoms with Crippen molar-refractivity contribution in [2.75, 3.05) is 12.8 Å². The summed E-state index contributed by atoms with van der Waals surface area (Å²) in [6.45, 7) is 1.93. The van der Waals surface area contributed by atoms with Crippen LogP contribution in [-0.2, 0) is 0 Å². The minimum Gasteiger partial charge on any atom is -0.494 e. The molecule has 0 bridgehead atoms. The van der Waals surface area contributed by atoms with E-state index in [1.165, 1.54) is 10.9 Å². The van der Waals surface area contributed by atoms with E-state index in [-0.39, 0.29) is 5.56 Å². The zero-order valence-corrected chi connectivity index (χ0v) is 11.8. The van der Waals surface area contributed by atoms with Gasteiger partial charge in [-0.1, -0.05) is 12.1 Å². The van der Waals surface area contributed by atoms with Gasteiger partial charge in [0.15, 0.2) is 0 Å². The van der Waals surface area contributed by atoms with Gasteiger partial charge < -0.3 is 10.5 Å². The molecule has 0 aliphatic carbocycles. The average molecular weight is 281 g/mol. The normalized spacial score (nSPS) is 10.8. The number of nitrogens with zero attached hydrogens (tertiary/aromatic N) is 2. The summed E-state index contributed by atoms with van der Waals surface area (Å²) in [5, 5.41) is 0.513. The molecule has 0 saturated carbocycles. The molecule has 0 aliphatic heterocycles. The second-order valence-electron chi connectivity index (χ2n) is 4.82. The molecule has 0 saturated heterocycles. The summed E-state index contributed by atoms with van der Waals surface area (Å²) in [5.41, 5.74) is 8.52. The molecule has 0 unspecified atom stereocenters. The zero-order chi connectivity index (χ0) is 15.0. The standard InChI is InChI=1S/C16H15N3O2/c1-10-6-7-11(17)8-13(10)19-9-18-15-12(16(19)20)4-3-5-14(15)21-2/h3-9H,17H2,1-2H3.